The second-order valence-corrected chi connectivity index (χ2v) is 5.58. The maximum Gasteiger partial charge on any atom is 0.226 e. The van der Waals surface area contributed by atoms with Gasteiger partial charge in [0.15, 0.2) is 0 Å². The van der Waals surface area contributed by atoms with Gasteiger partial charge in [0.1, 0.15) is 0 Å². The molecular weight excluding hydrogens is 216 g/mol. The highest BCUT2D eigenvalue weighted by molar-refractivity contribution is 5.82. The fourth-order valence-corrected chi connectivity index (χ4v) is 2.61. The predicted molar refractivity (Wildman–Crippen MR) is 66.8 cm³/mol. The number of hydrogen-bond donors (Lipinski definition) is 2. The molecule has 4 heteroatoms. The van der Waals surface area contributed by atoms with E-state index in [1.807, 2.05) is 0 Å². The van der Waals surface area contributed by atoms with Gasteiger partial charge in [0.2, 0.25) is 5.91 Å². The quantitative estimate of drug-likeness (QED) is 0.771. The Morgan fingerprint density at radius 3 is 2.65 bits per heavy atom. The highest BCUT2D eigenvalue weighted by Crippen LogP contribution is 2.28. The summed E-state index contributed by atoms with van der Waals surface area (Å²) in [6, 6.07) is 0. The SMILES string of the molecule is CC1(C(=O)NCC2CCOCC2)CCNCC1. The molecule has 0 spiro atoms. The molecule has 0 radical (unpaired) electrons. The highest BCUT2D eigenvalue weighted by atomic mass is 16.5. The van der Waals surface area contributed by atoms with Crippen molar-refractivity contribution < 1.29 is 9.53 Å². The van der Waals surface area contributed by atoms with E-state index in [2.05, 4.69) is 17.6 Å². The van der Waals surface area contributed by atoms with Gasteiger partial charge in [0.05, 0.1) is 0 Å². The minimum Gasteiger partial charge on any atom is -0.381 e. The van der Waals surface area contributed by atoms with Gasteiger partial charge in [-0.2, -0.15) is 0 Å². The van der Waals surface area contributed by atoms with Crippen molar-refractivity contribution in [1.29, 1.82) is 0 Å². The second-order valence-electron chi connectivity index (χ2n) is 5.58. The zero-order valence-electron chi connectivity index (χ0n) is 10.8. The minimum absolute atomic E-state index is 0.156. The van der Waals surface area contributed by atoms with Crippen LogP contribution in [0.1, 0.15) is 32.6 Å². The van der Waals surface area contributed by atoms with Gasteiger partial charge in [0.25, 0.3) is 0 Å². The van der Waals surface area contributed by atoms with E-state index in [0.717, 1.165) is 58.5 Å². The summed E-state index contributed by atoms with van der Waals surface area (Å²) >= 11 is 0. The Balaban J connectivity index is 1.75. The lowest BCUT2D eigenvalue weighted by atomic mass is 9.80. The predicted octanol–water partition coefficient (Wildman–Crippen LogP) is 0.919. The zero-order chi connectivity index (χ0) is 12.1. The Hall–Kier alpha value is -0.610. The van der Waals surface area contributed by atoms with Crippen LogP contribution in [0.4, 0.5) is 0 Å². The third-order valence-electron chi connectivity index (χ3n) is 4.15. The van der Waals surface area contributed by atoms with Crippen LogP contribution in [0.25, 0.3) is 0 Å². The topological polar surface area (TPSA) is 50.4 Å². The van der Waals surface area contributed by atoms with Crippen molar-refractivity contribution in [3.63, 3.8) is 0 Å². The summed E-state index contributed by atoms with van der Waals surface area (Å²) < 4.78 is 5.32. The van der Waals surface area contributed by atoms with E-state index in [0.29, 0.717) is 5.92 Å². The number of amides is 1. The summed E-state index contributed by atoms with van der Waals surface area (Å²) in [4.78, 5) is 12.2. The van der Waals surface area contributed by atoms with Crippen molar-refractivity contribution in [2.75, 3.05) is 32.8 Å². The summed E-state index contributed by atoms with van der Waals surface area (Å²) in [5.74, 6) is 0.850. The first kappa shape index (κ1) is 12.8. The zero-order valence-corrected chi connectivity index (χ0v) is 10.8. The van der Waals surface area contributed by atoms with E-state index in [1.54, 1.807) is 0 Å². The van der Waals surface area contributed by atoms with Gasteiger partial charge < -0.3 is 15.4 Å². The molecule has 0 atom stereocenters. The molecule has 2 rings (SSSR count). The molecule has 0 aliphatic carbocycles. The molecule has 2 aliphatic rings. The number of piperidine rings is 1. The average molecular weight is 240 g/mol. The molecule has 2 saturated heterocycles. The van der Waals surface area contributed by atoms with Crippen molar-refractivity contribution in [3.05, 3.63) is 0 Å². The largest absolute Gasteiger partial charge is 0.381 e. The molecule has 0 unspecified atom stereocenters. The monoisotopic (exact) mass is 240 g/mol. The second kappa shape index (κ2) is 5.83. The molecule has 0 bridgehead atoms. The highest BCUT2D eigenvalue weighted by Gasteiger charge is 2.34. The van der Waals surface area contributed by atoms with Crippen LogP contribution in [0.15, 0.2) is 0 Å². The molecular formula is C13H24N2O2. The number of rotatable bonds is 3. The van der Waals surface area contributed by atoms with Crippen LogP contribution < -0.4 is 10.6 Å². The fraction of sp³-hybridized carbons (Fsp3) is 0.923. The van der Waals surface area contributed by atoms with E-state index < -0.39 is 0 Å². The summed E-state index contributed by atoms with van der Waals surface area (Å²) in [6.45, 7) is 6.53. The van der Waals surface area contributed by atoms with Gasteiger partial charge in [-0.05, 0) is 44.7 Å². The number of nitrogens with one attached hydrogen (secondary N) is 2. The normalized spacial score (nSPS) is 25.5. The van der Waals surface area contributed by atoms with Crippen molar-refractivity contribution in [2.45, 2.75) is 32.6 Å². The lowest BCUT2D eigenvalue weighted by Gasteiger charge is -2.33. The fourth-order valence-electron chi connectivity index (χ4n) is 2.61. The molecule has 0 aromatic rings. The third-order valence-corrected chi connectivity index (χ3v) is 4.15. The van der Waals surface area contributed by atoms with E-state index in [9.17, 15) is 4.79 Å². The van der Waals surface area contributed by atoms with Crippen molar-refractivity contribution in [3.8, 4) is 0 Å². The molecule has 98 valence electrons. The van der Waals surface area contributed by atoms with E-state index >= 15 is 0 Å². The van der Waals surface area contributed by atoms with Crippen molar-refractivity contribution in [1.82, 2.24) is 10.6 Å². The third kappa shape index (κ3) is 3.42. The molecule has 2 N–H and O–H groups in total. The minimum atomic E-state index is -0.156. The standard InChI is InChI=1S/C13H24N2O2/c1-13(4-6-14-7-5-13)12(16)15-10-11-2-8-17-9-3-11/h11,14H,2-10H2,1H3,(H,15,16). The van der Waals surface area contributed by atoms with Crippen LogP contribution in [0.2, 0.25) is 0 Å². The van der Waals surface area contributed by atoms with Gasteiger partial charge in [-0.15, -0.1) is 0 Å². The van der Waals surface area contributed by atoms with Crippen LogP contribution in [0.5, 0.6) is 0 Å². The summed E-state index contributed by atoms with van der Waals surface area (Å²) in [5, 5.41) is 6.44. The van der Waals surface area contributed by atoms with E-state index in [1.165, 1.54) is 0 Å². The number of carbonyl (C=O) groups excluding carboxylic acids is 1. The van der Waals surface area contributed by atoms with E-state index in [4.69, 9.17) is 4.74 Å². The molecule has 1 amide bonds. The van der Waals surface area contributed by atoms with Crippen LogP contribution >= 0.6 is 0 Å². The first-order valence-electron chi connectivity index (χ1n) is 6.77. The van der Waals surface area contributed by atoms with Crippen molar-refractivity contribution >= 4 is 5.91 Å². The lowest BCUT2D eigenvalue weighted by Crippen LogP contribution is -2.47. The molecule has 2 fully saturated rings. The van der Waals surface area contributed by atoms with Gasteiger partial charge in [0, 0.05) is 25.2 Å². The molecule has 4 nitrogen and oxygen atoms in total. The van der Waals surface area contributed by atoms with Gasteiger partial charge in [-0.25, -0.2) is 0 Å². The molecule has 0 aromatic carbocycles. The summed E-state index contributed by atoms with van der Waals surface area (Å²) in [7, 11) is 0. The number of carbonyl (C=O) groups is 1. The van der Waals surface area contributed by atoms with Crippen LogP contribution in [-0.2, 0) is 9.53 Å². The Morgan fingerprint density at radius 1 is 1.35 bits per heavy atom. The van der Waals surface area contributed by atoms with Gasteiger partial charge in [-0.1, -0.05) is 6.92 Å². The Bertz CT molecular complexity index is 256. The smallest absolute Gasteiger partial charge is 0.226 e. The maximum atomic E-state index is 12.2. The molecule has 17 heavy (non-hydrogen) atoms. The first-order valence-corrected chi connectivity index (χ1v) is 6.77. The molecule has 2 heterocycles. The average Bonchev–Trinajstić information content (AvgIpc) is 2.38. The lowest BCUT2D eigenvalue weighted by molar-refractivity contribution is -0.131. The Labute approximate surface area is 103 Å². The molecule has 2 aliphatic heterocycles. The first-order chi connectivity index (χ1) is 8.21. The van der Waals surface area contributed by atoms with Crippen LogP contribution in [-0.4, -0.2) is 38.8 Å². The van der Waals surface area contributed by atoms with Crippen LogP contribution in [0.3, 0.4) is 0 Å². The molecule has 0 saturated carbocycles. The van der Waals surface area contributed by atoms with Crippen LogP contribution in [0, 0.1) is 11.3 Å². The summed E-state index contributed by atoms with van der Waals surface area (Å²) in [6.07, 6.45) is 4.07. The van der Waals surface area contributed by atoms with E-state index in [-0.39, 0.29) is 11.3 Å². The number of hydrogen-bond acceptors (Lipinski definition) is 3. The van der Waals surface area contributed by atoms with Gasteiger partial charge in [-0.3, -0.25) is 4.79 Å². The maximum absolute atomic E-state index is 12.2. The summed E-state index contributed by atoms with van der Waals surface area (Å²) in [5.41, 5.74) is -0.156. The Morgan fingerprint density at radius 2 is 2.00 bits per heavy atom. The van der Waals surface area contributed by atoms with Crippen molar-refractivity contribution in [2.24, 2.45) is 11.3 Å². The number of ether oxygens (including phenoxy) is 1. The van der Waals surface area contributed by atoms with Gasteiger partial charge >= 0.3 is 0 Å². The molecule has 0 aromatic heterocycles. The Kier molecular flexibility index (Phi) is 4.40.